The molecule has 3 nitrogen and oxygen atoms in total. The lowest BCUT2D eigenvalue weighted by molar-refractivity contribution is -0.143. The molecular weight excluding hydrogens is 252 g/mol. The van der Waals surface area contributed by atoms with E-state index in [-0.39, 0.29) is 11.8 Å². The molecule has 2 saturated heterocycles. The van der Waals surface area contributed by atoms with Crippen molar-refractivity contribution in [3.63, 3.8) is 0 Å². The molecule has 0 aromatic rings. The Hall–Kier alpha value is -0.550. The third kappa shape index (κ3) is 1.35. The van der Waals surface area contributed by atoms with Crippen molar-refractivity contribution in [1.29, 1.82) is 0 Å². The van der Waals surface area contributed by atoms with Gasteiger partial charge in [0.1, 0.15) is 4.87 Å². The fourth-order valence-corrected chi connectivity index (χ4v) is 3.92. The van der Waals surface area contributed by atoms with Crippen molar-refractivity contribution >= 4 is 35.9 Å². The molecule has 0 bridgehead atoms. The number of thiocarbonyl (C=S) groups is 1. The van der Waals surface area contributed by atoms with Gasteiger partial charge in [-0.2, -0.15) is 0 Å². The smallest absolute Gasteiger partial charge is 0.237 e. The Bertz CT molecular complexity index is 407. The fraction of sp³-hybridized carbons (Fsp3) is 0.667. The highest BCUT2D eigenvalue weighted by Gasteiger charge is 2.63. The van der Waals surface area contributed by atoms with Crippen LogP contribution in [0.5, 0.6) is 0 Å². The van der Waals surface area contributed by atoms with E-state index in [1.165, 1.54) is 0 Å². The first kappa shape index (κ1) is 12.9. The van der Waals surface area contributed by atoms with E-state index < -0.39 is 10.3 Å². The van der Waals surface area contributed by atoms with Crippen molar-refractivity contribution in [2.24, 2.45) is 11.3 Å². The van der Waals surface area contributed by atoms with E-state index in [4.69, 9.17) is 24.8 Å². The highest BCUT2D eigenvalue weighted by molar-refractivity contribution is 7.82. The predicted molar refractivity (Wildman–Crippen MR) is 75.9 cm³/mol. The van der Waals surface area contributed by atoms with Gasteiger partial charge in [0, 0.05) is 19.5 Å². The third-order valence-corrected chi connectivity index (χ3v) is 5.78. The molecule has 0 saturated carbocycles. The average Bonchev–Trinajstić information content (AvgIpc) is 2.63. The summed E-state index contributed by atoms with van der Waals surface area (Å²) >= 11 is 10.2. The maximum absolute atomic E-state index is 12.4. The molecule has 0 aliphatic carbocycles. The van der Waals surface area contributed by atoms with Crippen LogP contribution in [0, 0.1) is 11.3 Å². The Morgan fingerprint density at radius 3 is 2.71 bits per heavy atom. The van der Waals surface area contributed by atoms with Crippen LogP contribution in [0.25, 0.3) is 0 Å². The molecule has 0 N–H and O–H groups in total. The molecule has 2 fully saturated rings. The number of carbonyl (C=O) groups excluding carboxylic acids is 1. The summed E-state index contributed by atoms with van der Waals surface area (Å²) in [5.41, 5.74) is -0.581. The lowest BCUT2D eigenvalue weighted by atomic mass is 9.74. The van der Waals surface area contributed by atoms with Gasteiger partial charge < -0.3 is 4.90 Å². The molecule has 0 aromatic carbocycles. The van der Waals surface area contributed by atoms with Crippen LogP contribution in [-0.4, -0.2) is 39.3 Å². The van der Waals surface area contributed by atoms with Gasteiger partial charge in [0.2, 0.25) is 5.91 Å². The molecule has 2 aliphatic rings. The minimum atomic E-state index is -0.581. The first-order valence-electron chi connectivity index (χ1n) is 5.73. The number of amides is 1. The molecule has 17 heavy (non-hydrogen) atoms. The first-order valence-corrected chi connectivity index (χ1v) is 6.58. The van der Waals surface area contributed by atoms with Crippen molar-refractivity contribution in [1.82, 2.24) is 9.80 Å². The van der Waals surface area contributed by atoms with Crippen LogP contribution >= 0.6 is 24.8 Å². The van der Waals surface area contributed by atoms with Crippen LogP contribution in [0.3, 0.4) is 0 Å². The highest BCUT2D eigenvalue weighted by Crippen LogP contribution is 2.54. The molecule has 2 rings (SSSR count). The fourth-order valence-electron chi connectivity index (χ4n) is 3.01. The summed E-state index contributed by atoms with van der Waals surface area (Å²) in [4.78, 5) is 15.5. The van der Waals surface area contributed by atoms with E-state index in [0.717, 1.165) is 13.0 Å². The zero-order chi connectivity index (χ0) is 13.0. The second-order valence-corrected chi connectivity index (χ2v) is 6.33. The minimum Gasteiger partial charge on any atom is -0.333 e. The van der Waals surface area contributed by atoms with Crippen LogP contribution in [0.4, 0.5) is 0 Å². The van der Waals surface area contributed by atoms with Gasteiger partial charge in [0.25, 0.3) is 0 Å². The topological polar surface area (TPSA) is 23.6 Å². The maximum Gasteiger partial charge on any atom is 0.237 e. The van der Waals surface area contributed by atoms with E-state index in [9.17, 15) is 4.79 Å². The monoisotopic (exact) mass is 270 g/mol. The quantitative estimate of drug-likeness (QED) is 0.447. The number of hydrogen-bond donors (Lipinski definition) is 1. The highest BCUT2D eigenvalue weighted by atomic mass is 32.1. The predicted octanol–water partition coefficient (Wildman–Crippen LogP) is 1.90. The van der Waals surface area contributed by atoms with Crippen molar-refractivity contribution in [2.45, 2.75) is 25.1 Å². The van der Waals surface area contributed by atoms with Crippen molar-refractivity contribution in [3.05, 3.63) is 12.7 Å². The number of thiol groups is 1. The molecule has 0 unspecified atom stereocenters. The number of nitrogens with zero attached hydrogens (tertiary/aromatic N) is 2. The minimum absolute atomic E-state index is 0.0301. The van der Waals surface area contributed by atoms with Gasteiger partial charge in [-0.15, -0.1) is 19.2 Å². The molecule has 94 valence electrons. The summed E-state index contributed by atoms with van der Waals surface area (Å²) < 4.78 is 0. The Morgan fingerprint density at radius 2 is 2.18 bits per heavy atom. The lowest BCUT2D eigenvalue weighted by Gasteiger charge is -2.54. The number of fused-ring (bicyclic) bond motifs is 1. The lowest BCUT2D eigenvalue weighted by Crippen LogP contribution is -2.68. The van der Waals surface area contributed by atoms with Crippen LogP contribution < -0.4 is 0 Å². The van der Waals surface area contributed by atoms with Crippen molar-refractivity contribution in [2.75, 3.05) is 13.6 Å². The molecule has 0 radical (unpaired) electrons. The SMILES string of the molecule is C=C[C@@H]1CCN2C(=S)N(C)C(=O)C(C)(C)[C@@]12S. The van der Waals surface area contributed by atoms with Crippen LogP contribution in [0.15, 0.2) is 12.7 Å². The van der Waals surface area contributed by atoms with Gasteiger partial charge in [-0.3, -0.25) is 9.69 Å². The van der Waals surface area contributed by atoms with E-state index in [1.807, 2.05) is 19.9 Å². The Balaban J connectivity index is 2.57. The van der Waals surface area contributed by atoms with Crippen molar-refractivity contribution < 1.29 is 4.79 Å². The van der Waals surface area contributed by atoms with E-state index in [2.05, 4.69) is 11.5 Å². The van der Waals surface area contributed by atoms with Crippen LogP contribution in [-0.2, 0) is 4.79 Å². The van der Waals surface area contributed by atoms with Gasteiger partial charge in [-0.1, -0.05) is 6.08 Å². The van der Waals surface area contributed by atoms with Crippen LogP contribution in [0.1, 0.15) is 20.3 Å². The standard InChI is InChI=1S/C12H18N2OS2/c1-5-8-6-7-14-10(16)13(4)9(15)11(2,3)12(8,14)17/h5,8,17H,1,6-7H2,2-4H3/t8-,12+/m1/s1. The van der Waals surface area contributed by atoms with Gasteiger partial charge >= 0.3 is 0 Å². The number of carbonyl (C=O) groups is 1. The van der Waals surface area contributed by atoms with Gasteiger partial charge in [-0.25, -0.2) is 0 Å². The number of rotatable bonds is 1. The van der Waals surface area contributed by atoms with E-state index in [1.54, 1.807) is 11.9 Å². The van der Waals surface area contributed by atoms with Gasteiger partial charge in [0.15, 0.2) is 5.11 Å². The van der Waals surface area contributed by atoms with Crippen LogP contribution in [0.2, 0.25) is 0 Å². The molecule has 5 heteroatoms. The molecular formula is C12H18N2OS2. The zero-order valence-corrected chi connectivity index (χ0v) is 12.1. The second kappa shape index (κ2) is 3.72. The molecule has 2 heterocycles. The molecule has 2 aliphatic heterocycles. The van der Waals surface area contributed by atoms with E-state index in [0.29, 0.717) is 5.11 Å². The summed E-state index contributed by atoms with van der Waals surface area (Å²) in [7, 11) is 1.74. The normalized spacial score (nSPS) is 36.1. The van der Waals surface area contributed by atoms with Gasteiger partial charge in [0.05, 0.1) is 5.41 Å². The van der Waals surface area contributed by atoms with E-state index >= 15 is 0 Å². The molecule has 0 spiro atoms. The molecule has 2 atom stereocenters. The number of hydrogen-bond acceptors (Lipinski definition) is 3. The zero-order valence-electron chi connectivity index (χ0n) is 10.4. The third-order valence-electron chi connectivity index (χ3n) is 4.15. The Kier molecular flexibility index (Phi) is 2.82. The first-order chi connectivity index (χ1) is 7.78. The second-order valence-electron chi connectivity index (χ2n) is 5.28. The average molecular weight is 270 g/mol. The maximum atomic E-state index is 12.4. The largest absolute Gasteiger partial charge is 0.333 e. The molecule has 0 aromatic heterocycles. The summed E-state index contributed by atoms with van der Waals surface area (Å²) in [5.74, 6) is 0.207. The van der Waals surface area contributed by atoms with Crippen molar-refractivity contribution in [3.8, 4) is 0 Å². The summed E-state index contributed by atoms with van der Waals surface area (Å²) in [6.07, 6.45) is 2.84. The summed E-state index contributed by atoms with van der Waals surface area (Å²) in [5, 5.41) is 0.577. The summed E-state index contributed by atoms with van der Waals surface area (Å²) in [6.45, 7) is 8.58. The molecule has 1 amide bonds. The Morgan fingerprint density at radius 1 is 1.59 bits per heavy atom. The Labute approximate surface area is 113 Å². The summed E-state index contributed by atoms with van der Waals surface area (Å²) in [6, 6.07) is 0. The van der Waals surface area contributed by atoms with Gasteiger partial charge in [-0.05, 0) is 32.5 Å².